The third-order valence-corrected chi connectivity index (χ3v) is 9.29. The number of carbonyl (C=O) groups excluding carboxylic acids is 1. The van der Waals surface area contributed by atoms with Gasteiger partial charge in [-0.15, -0.1) is 0 Å². The molecule has 0 spiro atoms. The monoisotopic (exact) mass is 691 g/mol. The maximum Gasteiger partial charge on any atom is 0.405 e. The molecule has 0 aromatic heterocycles. The Kier molecular flexibility index (Phi) is 30.0. The molecule has 49 heavy (non-hydrogen) atoms. The summed E-state index contributed by atoms with van der Waals surface area (Å²) in [7, 11) is 0. The maximum atomic E-state index is 13.1. The molecule has 2 atom stereocenters. The van der Waals surface area contributed by atoms with Crippen LogP contribution in [0.5, 0.6) is 5.75 Å². The lowest BCUT2D eigenvalue weighted by atomic mass is 10.1. The average molecular weight is 691 g/mol. The van der Waals surface area contributed by atoms with Crippen molar-refractivity contribution in [1.29, 1.82) is 0 Å². The third kappa shape index (κ3) is 28.1. The summed E-state index contributed by atoms with van der Waals surface area (Å²) in [6.45, 7) is 6.46. The zero-order chi connectivity index (χ0) is 35.6. The molecule has 0 aliphatic carbocycles. The van der Waals surface area contributed by atoms with E-state index in [-0.39, 0.29) is 24.8 Å². The van der Waals surface area contributed by atoms with E-state index in [4.69, 9.17) is 9.47 Å². The summed E-state index contributed by atoms with van der Waals surface area (Å²) in [4.78, 5) is 24.5. The van der Waals surface area contributed by atoms with E-state index in [9.17, 15) is 19.8 Å². The van der Waals surface area contributed by atoms with Crippen molar-refractivity contribution < 1.29 is 29.3 Å². The van der Waals surface area contributed by atoms with Gasteiger partial charge in [-0.2, -0.15) is 0 Å². The fourth-order valence-corrected chi connectivity index (χ4v) is 6.18. The first-order valence-electron chi connectivity index (χ1n) is 20.2. The molecule has 0 heterocycles. The molecule has 1 aromatic carbocycles. The molecule has 2 amide bonds. The van der Waals surface area contributed by atoms with Crippen molar-refractivity contribution >= 4 is 12.0 Å². The van der Waals surface area contributed by atoms with Gasteiger partial charge >= 0.3 is 6.09 Å². The van der Waals surface area contributed by atoms with Crippen molar-refractivity contribution in [3.8, 4) is 5.75 Å². The predicted molar refractivity (Wildman–Crippen MR) is 202 cm³/mol. The molecule has 1 rings (SSSR count). The number of rotatable bonds is 35. The van der Waals surface area contributed by atoms with Crippen LogP contribution >= 0.6 is 0 Å². The normalized spacial score (nSPS) is 12.5. The molecule has 284 valence electrons. The van der Waals surface area contributed by atoms with Gasteiger partial charge in [0.25, 0.3) is 0 Å². The molecule has 0 fully saturated rings. The van der Waals surface area contributed by atoms with E-state index in [0.717, 1.165) is 31.2 Å². The Morgan fingerprint density at radius 2 is 1.06 bits per heavy atom. The van der Waals surface area contributed by atoms with Crippen molar-refractivity contribution in [2.24, 2.45) is 0 Å². The fourth-order valence-electron chi connectivity index (χ4n) is 6.18. The summed E-state index contributed by atoms with van der Waals surface area (Å²) < 4.78 is 12.2. The zero-order valence-electron chi connectivity index (χ0n) is 31.5. The minimum atomic E-state index is -1.26. The molecule has 8 heteroatoms. The van der Waals surface area contributed by atoms with Crippen LogP contribution in [0.15, 0.2) is 24.3 Å². The van der Waals surface area contributed by atoms with Gasteiger partial charge in [0.05, 0.1) is 12.7 Å². The molecule has 0 aliphatic heterocycles. The standard InChI is InChI=1S/C41H74N2O6/c1-3-5-7-9-11-13-15-17-19-21-23-25-31-48-35-38(49-32-26-24-22-20-18-16-14-12-10-8-6-4-2)34-42-40(45)39(43-41(46)47)33-36-27-29-37(44)30-28-36/h27-30,38-39,43-44H,3-26,31-35H2,1-2H3,(H,42,45)(H,46,47)/t38?,39-/m0/s1. The molecule has 0 saturated carbocycles. The van der Waals surface area contributed by atoms with Gasteiger partial charge in [0.2, 0.25) is 5.91 Å². The van der Waals surface area contributed by atoms with Crippen LogP contribution < -0.4 is 10.6 Å². The van der Waals surface area contributed by atoms with E-state index in [0.29, 0.717) is 19.8 Å². The van der Waals surface area contributed by atoms with Crippen molar-refractivity contribution in [2.45, 2.75) is 187 Å². The quantitative estimate of drug-likeness (QED) is 0.0527. The van der Waals surface area contributed by atoms with Crippen LogP contribution in [-0.2, 0) is 20.7 Å². The first-order valence-corrected chi connectivity index (χ1v) is 20.2. The van der Waals surface area contributed by atoms with Crippen LogP contribution in [-0.4, -0.2) is 60.7 Å². The van der Waals surface area contributed by atoms with E-state index in [2.05, 4.69) is 24.5 Å². The van der Waals surface area contributed by atoms with Gasteiger partial charge in [0.15, 0.2) is 0 Å². The molecule has 0 radical (unpaired) electrons. The number of carbonyl (C=O) groups is 2. The number of benzene rings is 1. The molecule has 1 unspecified atom stereocenters. The molecular formula is C41H74N2O6. The molecule has 0 saturated heterocycles. The first kappa shape index (κ1) is 44.7. The SMILES string of the molecule is CCCCCCCCCCCCCCOCC(CNC(=O)[C@H](Cc1ccc(O)cc1)NC(=O)O)OCCCCCCCCCCCCCC. The summed E-state index contributed by atoms with van der Waals surface area (Å²) in [5, 5.41) is 24.1. The van der Waals surface area contributed by atoms with E-state index in [1.54, 1.807) is 12.1 Å². The van der Waals surface area contributed by atoms with Gasteiger partial charge in [-0.1, -0.05) is 167 Å². The van der Waals surface area contributed by atoms with Gasteiger partial charge in [-0.25, -0.2) is 4.79 Å². The summed E-state index contributed by atoms with van der Waals surface area (Å²) in [6, 6.07) is 5.46. The topological polar surface area (TPSA) is 117 Å². The number of hydrogen-bond donors (Lipinski definition) is 4. The van der Waals surface area contributed by atoms with Crippen molar-refractivity contribution in [2.75, 3.05) is 26.4 Å². The smallest absolute Gasteiger partial charge is 0.405 e. The van der Waals surface area contributed by atoms with Gasteiger partial charge in [0.1, 0.15) is 11.8 Å². The van der Waals surface area contributed by atoms with Crippen LogP contribution in [0.2, 0.25) is 0 Å². The number of phenols is 1. The lowest BCUT2D eigenvalue weighted by Gasteiger charge is -2.21. The molecule has 8 nitrogen and oxygen atoms in total. The molecule has 1 aromatic rings. The Morgan fingerprint density at radius 3 is 1.51 bits per heavy atom. The fraction of sp³-hybridized carbons (Fsp3) is 0.805. The molecule has 0 bridgehead atoms. The van der Waals surface area contributed by atoms with Crippen LogP contribution in [0.1, 0.15) is 174 Å². The highest BCUT2D eigenvalue weighted by Gasteiger charge is 2.22. The van der Waals surface area contributed by atoms with Crippen LogP contribution in [0.25, 0.3) is 0 Å². The average Bonchev–Trinajstić information content (AvgIpc) is 3.09. The number of aromatic hydroxyl groups is 1. The Balaban J connectivity index is 2.39. The second-order valence-corrected chi connectivity index (χ2v) is 14.0. The van der Waals surface area contributed by atoms with Gasteiger partial charge < -0.3 is 30.3 Å². The van der Waals surface area contributed by atoms with Crippen molar-refractivity contribution in [3.63, 3.8) is 0 Å². The Hall–Kier alpha value is -2.32. The van der Waals surface area contributed by atoms with Crippen LogP contribution in [0.3, 0.4) is 0 Å². The van der Waals surface area contributed by atoms with Crippen molar-refractivity contribution in [1.82, 2.24) is 10.6 Å². The van der Waals surface area contributed by atoms with E-state index >= 15 is 0 Å². The zero-order valence-corrected chi connectivity index (χ0v) is 31.5. The Bertz CT molecular complexity index is 896. The van der Waals surface area contributed by atoms with E-state index < -0.39 is 18.0 Å². The molecule has 0 aliphatic rings. The maximum absolute atomic E-state index is 13.1. The van der Waals surface area contributed by atoms with Crippen LogP contribution in [0, 0.1) is 0 Å². The lowest BCUT2D eigenvalue weighted by Crippen LogP contribution is -2.49. The highest BCUT2D eigenvalue weighted by atomic mass is 16.5. The van der Waals surface area contributed by atoms with E-state index in [1.165, 1.54) is 141 Å². The van der Waals surface area contributed by atoms with Gasteiger partial charge in [0, 0.05) is 26.2 Å². The largest absolute Gasteiger partial charge is 0.508 e. The van der Waals surface area contributed by atoms with Gasteiger partial charge in [-0.05, 0) is 30.5 Å². The Labute approximate surface area is 299 Å². The summed E-state index contributed by atoms with van der Waals surface area (Å²) >= 11 is 0. The number of ether oxygens (including phenoxy) is 2. The summed E-state index contributed by atoms with van der Waals surface area (Å²) in [5.41, 5.74) is 0.747. The first-order chi connectivity index (χ1) is 24.0. The van der Waals surface area contributed by atoms with Crippen molar-refractivity contribution in [3.05, 3.63) is 29.8 Å². The number of carboxylic acid groups (broad SMARTS) is 1. The summed E-state index contributed by atoms with van der Waals surface area (Å²) in [5.74, 6) is -0.289. The highest BCUT2D eigenvalue weighted by Crippen LogP contribution is 2.14. The Morgan fingerprint density at radius 1 is 0.633 bits per heavy atom. The number of amides is 2. The lowest BCUT2D eigenvalue weighted by molar-refractivity contribution is -0.124. The highest BCUT2D eigenvalue weighted by molar-refractivity contribution is 5.85. The minimum absolute atomic E-state index is 0.118. The number of unbranched alkanes of at least 4 members (excludes halogenated alkanes) is 22. The van der Waals surface area contributed by atoms with E-state index in [1.807, 2.05) is 0 Å². The minimum Gasteiger partial charge on any atom is -0.508 e. The predicted octanol–water partition coefficient (Wildman–Crippen LogP) is 10.5. The number of phenolic OH excluding ortho intramolecular Hbond substituents is 1. The molecular weight excluding hydrogens is 616 g/mol. The summed E-state index contributed by atoms with van der Waals surface area (Å²) in [6.07, 6.45) is 29.6. The third-order valence-electron chi connectivity index (χ3n) is 9.29. The van der Waals surface area contributed by atoms with Gasteiger partial charge in [-0.3, -0.25) is 4.79 Å². The van der Waals surface area contributed by atoms with Crippen LogP contribution in [0.4, 0.5) is 4.79 Å². The number of nitrogens with one attached hydrogen (secondary N) is 2. The second-order valence-electron chi connectivity index (χ2n) is 14.0. The number of hydrogen-bond acceptors (Lipinski definition) is 5. The second kappa shape index (κ2) is 32.9. The molecule has 4 N–H and O–H groups in total.